The first-order chi connectivity index (χ1) is 20.0. The van der Waals surface area contributed by atoms with Gasteiger partial charge in [0, 0.05) is 5.41 Å². The molecule has 1 heterocycles. The van der Waals surface area contributed by atoms with Crippen LogP contribution >= 0.6 is 0 Å². The van der Waals surface area contributed by atoms with Crippen LogP contribution in [0.25, 0.3) is 0 Å². The van der Waals surface area contributed by atoms with E-state index in [-0.39, 0.29) is 16.9 Å². The maximum Gasteiger partial charge on any atom is 0.181 e. The zero-order chi connectivity index (χ0) is 29.4. The molecule has 9 atom stereocenters. The number of hydrogen-bond acceptors (Lipinski definition) is 5. The molecule has 5 saturated carbocycles. The summed E-state index contributed by atoms with van der Waals surface area (Å²) in [5, 5.41) is 21.7. The smallest absolute Gasteiger partial charge is 0.181 e. The molecule has 1 aromatic rings. The summed E-state index contributed by atoms with van der Waals surface area (Å²) in [5.41, 5.74) is -0.168. The number of aliphatic hydroxyl groups is 2. The van der Waals surface area contributed by atoms with Crippen molar-refractivity contribution in [1.29, 1.82) is 0 Å². The minimum Gasteiger partial charge on any atom is -0.393 e. The van der Waals surface area contributed by atoms with Gasteiger partial charge in [-0.2, -0.15) is 0 Å². The second-order valence-corrected chi connectivity index (χ2v) is 18.8. The summed E-state index contributed by atoms with van der Waals surface area (Å²) < 4.78 is 34.1. The molecule has 6 aliphatic rings. The molecular weight excluding hydrogens is 544 g/mol. The van der Waals surface area contributed by atoms with Crippen LogP contribution in [0, 0.1) is 45.8 Å². The molecule has 0 radical (unpaired) electrons. The van der Waals surface area contributed by atoms with Crippen molar-refractivity contribution in [2.75, 3.05) is 13.2 Å². The summed E-state index contributed by atoms with van der Waals surface area (Å²) in [6.45, 7) is 6.63. The van der Waals surface area contributed by atoms with Crippen molar-refractivity contribution in [2.24, 2.45) is 45.8 Å². The molecule has 234 valence electrons. The predicted octanol–water partition coefficient (Wildman–Crippen LogP) is 6.95. The standard InChI is InChI=1S/C36H54O5S/c1-33-14-12-27(37)20-25(33)8-10-30-31-11-9-26(34(31,2)15-13-32(30)33)21-29(42(39,40)28-6-4-3-5-7-28)22-36(38)18-16-35(17-19-36)23-41-24-35/h3-7,25-27,29-32,37-38H,8-24H2,1-2H3/t25?,26?,27?,29?,30-,31?,32?,33?,34?/m0/s1. The zero-order valence-electron chi connectivity index (χ0n) is 26.0. The van der Waals surface area contributed by atoms with Crippen molar-refractivity contribution >= 4 is 9.84 Å². The molecule has 5 nitrogen and oxygen atoms in total. The van der Waals surface area contributed by atoms with Gasteiger partial charge in [-0.1, -0.05) is 32.0 Å². The predicted molar refractivity (Wildman–Crippen MR) is 165 cm³/mol. The van der Waals surface area contributed by atoms with E-state index in [1.165, 1.54) is 32.1 Å². The Kier molecular flexibility index (Phi) is 7.48. The fourth-order valence-electron chi connectivity index (χ4n) is 11.7. The first-order valence-corrected chi connectivity index (χ1v) is 18.8. The highest BCUT2D eigenvalue weighted by Gasteiger charge is 2.60. The van der Waals surface area contributed by atoms with Crippen molar-refractivity contribution in [1.82, 2.24) is 0 Å². The van der Waals surface area contributed by atoms with Gasteiger partial charge >= 0.3 is 0 Å². The molecule has 0 bridgehead atoms. The normalized spacial score (nSPS) is 43.0. The summed E-state index contributed by atoms with van der Waals surface area (Å²) >= 11 is 0. The van der Waals surface area contributed by atoms with Crippen LogP contribution < -0.4 is 0 Å². The molecule has 42 heavy (non-hydrogen) atoms. The maximum absolute atomic E-state index is 14.3. The van der Waals surface area contributed by atoms with Crippen molar-refractivity contribution in [3.8, 4) is 0 Å². The highest BCUT2D eigenvalue weighted by atomic mass is 32.2. The molecule has 1 aromatic carbocycles. The lowest BCUT2D eigenvalue weighted by Gasteiger charge is -2.61. The second kappa shape index (κ2) is 10.6. The number of fused-ring (bicyclic) bond motifs is 5. The fraction of sp³-hybridized carbons (Fsp3) is 0.833. The zero-order valence-corrected chi connectivity index (χ0v) is 26.8. The molecule has 1 spiro atoms. The topological polar surface area (TPSA) is 83.8 Å². The van der Waals surface area contributed by atoms with Crippen molar-refractivity contribution in [2.45, 2.75) is 132 Å². The Morgan fingerprint density at radius 1 is 0.857 bits per heavy atom. The Morgan fingerprint density at radius 3 is 2.24 bits per heavy atom. The van der Waals surface area contributed by atoms with Crippen LogP contribution in [0.2, 0.25) is 0 Å². The number of rotatable bonds is 6. The van der Waals surface area contributed by atoms with Gasteiger partial charge in [-0.05, 0) is 149 Å². The summed E-state index contributed by atoms with van der Waals surface area (Å²) in [4.78, 5) is 0.410. The van der Waals surface area contributed by atoms with Crippen LogP contribution in [0.1, 0.15) is 110 Å². The Bertz CT molecular complexity index is 1230. The van der Waals surface area contributed by atoms with E-state index >= 15 is 0 Å². The van der Waals surface area contributed by atoms with Gasteiger partial charge in [-0.15, -0.1) is 0 Å². The quantitative estimate of drug-likeness (QED) is 0.370. The molecule has 1 saturated heterocycles. The maximum atomic E-state index is 14.3. The molecule has 0 amide bonds. The Hall–Kier alpha value is -0.950. The van der Waals surface area contributed by atoms with Gasteiger partial charge in [0.1, 0.15) is 0 Å². The largest absolute Gasteiger partial charge is 0.393 e. The number of hydrogen-bond donors (Lipinski definition) is 2. The van der Waals surface area contributed by atoms with Crippen LogP contribution in [0.3, 0.4) is 0 Å². The monoisotopic (exact) mass is 598 g/mol. The number of ether oxygens (including phenoxy) is 1. The van der Waals surface area contributed by atoms with Crippen LogP contribution in [0.5, 0.6) is 0 Å². The third kappa shape index (κ3) is 4.84. The van der Waals surface area contributed by atoms with E-state index in [4.69, 9.17) is 4.74 Å². The highest BCUT2D eigenvalue weighted by molar-refractivity contribution is 7.92. The SMILES string of the molecule is CC12CCC(O)CC1CC[C@@H]1C2CCC2(C)C(CC(CC3(O)CCC4(CC3)COC4)S(=O)(=O)c3ccccc3)CCC12. The fourth-order valence-corrected chi connectivity index (χ4v) is 13.7. The molecular formula is C36H54O5S. The molecule has 0 aromatic heterocycles. The van der Waals surface area contributed by atoms with E-state index in [2.05, 4.69) is 13.8 Å². The number of benzene rings is 1. The molecule has 7 rings (SSSR count). The minimum absolute atomic E-state index is 0.112. The van der Waals surface area contributed by atoms with Crippen molar-refractivity contribution in [3.63, 3.8) is 0 Å². The van der Waals surface area contributed by atoms with E-state index in [0.717, 1.165) is 63.6 Å². The number of aliphatic hydroxyl groups excluding tert-OH is 1. The highest BCUT2D eigenvalue weighted by Crippen LogP contribution is 2.68. The summed E-state index contributed by atoms with van der Waals surface area (Å²) in [5.74, 6) is 3.19. The third-order valence-corrected chi connectivity index (χ3v) is 16.7. The third-order valence-electron chi connectivity index (χ3n) is 14.6. The molecule has 2 N–H and O–H groups in total. The lowest BCUT2D eigenvalue weighted by atomic mass is 9.44. The summed E-state index contributed by atoms with van der Waals surface area (Å²) in [7, 11) is -3.57. The average molecular weight is 599 g/mol. The summed E-state index contributed by atoms with van der Waals surface area (Å²) in [6.07, 6.45) is 14.6. The Balaban J connectivity index is 1.12. The van der Waals surface area contributed by atoms with Gasteiger partial charge in [-0.3, -0.25) is 0 Å². The first-order valence-electron chi connectivity index (χ1n) is 17.2. The minimum atomic E-state index is -3.57. The molecule has 5 aliphatic carbocycles. The van der Waals surface area contributed by atoms with E-state index < -0.39 is 20.7 Å². The van der Waals surface area contributed by atoms with Crippen LogP contribution in [0.15, 0.2) is 35.2 Å². The van der Waals surface area contributed by atoms with E-state index in [1.807, 2.05) is 18.2 Å². The second-order valence-electron chi connectivity index (χ2n) is 16.5. The van der Waals surface area contributed by atoms with Crippen molar-refractivity contribution < 1.29 is 23.4 Å². The molecule has 8 unspecified atom stereocenters. The van der Waals surface area contributed by atoms with Gasteiger partial charge in [0.25, 0.3) is 0 Å². The van der Waals surface area contributed by atoms with E-state index in [0.29, 0.717) is 53.7 Å². The van der Waals surface area contributed by atoms with E-state index in [9.17, 15) is 18.6 Å². The van der Waals surface area contributed by atoms with Gasteiger partial charge in [0.15, 0.2) is 9.84 Å². The van der Waals surface area contributed by atoms with Gasteiger partial charge < -0.3 is 14.9 Å². The van der Waals surface area contributed by atoms with Crippen LogP contribution in [-0.4, -0.2) is 48.8 Å². The van der Waals surface area contributed by atoms with Gasteiger partial charge in [0.05, 0.1) is 35.1 Å². The first kappa shape index (κ1) is 29.7. The van der Waals surface area contributed by atoms with Crippen LogP contribution in [0.4, 0.5) is 0 Å². The lowest BCUT2D eigenvalue weighted by molar-refractivity contribution is -0.160. The van der Waals surface area contributed by atoms with Gasteiger partial charge in [0.2, 0.25) is 0 Å². The Morgan fingerprint density at radius 2 is 1.55 bits per heavy atom. The lowest BCUT2D eigenvalue weighted by Crippen LogP contribution is -2.54. The summed E-state index contributed by atoms with van der Waals surface area (Å²) in [6, 6.07) is 9.03. The molecule has 1 aliphatic heterocycles. The Labute approximate surface area is 254 Å². The molecule has 6 fully saturated rings. The average Bonchev–Trinajstić information content (AvgIpc) is 3.29. The molecule has 6 heteroatoms. The van der Waals surface area contributed by atoms with Gasteiger partial charge in [-0.25, -0.2) is 8.42 Å². The van der Waals surface area contributed by atoms with Crippen LogP contribution in [-0.2, 0) is 14.6 Å². The van der Waals surface area contributed by atoms with E-state index in [1.54, 1.807) is 12.1 Å². The number of sulfone groups is 1. The van der Waals surface area contributed by atoms with Crippen molar-refractivity contribution in [3.05, 3.63) is 30.3 Å².